The first-order chi connectivity index (χ1) is 10.1. The first-order valence-corrected chi connectivity index (χ1v) is 6.66. The number of anilines is 2. The van der Waals surface area contributed by atoms with Crippen LogP contribution in [0.25, 0.3) is 10.8 Å². The van der Waals surface area contributed by atoms with Crippen molar-refractivity contribution in [1.82, 2.24) is 9.78 Å². The van der Waals surface area contributed by atoms with Crippen LogP contribution in [0, 0.1) is 6.92 Å². The highest BCUT2D eigenvalue weighted by Gasteiger charge is 2.15. The number of hydrogen-bond donors (Lipinski definition) is 2. The van der Waals surface area contributed by atoms with Crippen LogP contribution >= 0.6 is 0 Å². The van der Waals surface area contributed by atoms with Crippen LogP contribution < -0.4 is 11.1 Å². The van der Waals surface area contributed by atoms with Crippen LogP contribution in [0.4, 0.5) is 11.5 Å². The highest BCUT2D eigenvalue weighted by atomic mass is 16.1. The molecule has 0 atom stereocenters. The second-order valence-corrected chi connectivity index (χ2v) is 4.95. The van der Waals surface area contributed by atoms with Gasteiger partial charge in [0.2, 0.25) is 0 Å². The van der Waals surface area contributed by atoms with E-state index in [0.717, 1.165) is 10.8 Å². The topological polar surface area (TPSA) is 72.9 Å². The van der Waals surface area contributed by atoms with Crippen LogP contribution in [0.2, 0.25) is 0 Å². The number of benzene rings is 2. The Bertz CT molecular complexity index is 830. The van der Waals surface area contributed by atoms with Gasteiger partial charge in [0.1, 0.15) is 0 Å². The van der Waals surface area contributed by atoms with Gasteiger partial charge in [-0.05, 0) is 23.8 Å². The van der Waals surface area contributed by atoms with Gasteiger partial charge in [-0.25, -0.2) is 0 Å². The first-order valence-electron chi connectivity index (χ1n) is 6.66. The molecule has 106 valence electrons. The summed E-state index contributed by atoms with van der Waals surface area (Å²) in [6.45, 7) is 1.81. The van der Waals surface area contributed by atoms with E-state index in [0.29, 0.717) is 22.8 Å². The third-order valence-corrected chi connectivity index (χ3v) is 3.53. The molecule has 3 N–H and O–H groups in total. The second kappa shape index (κ2) is 4.94. The second-order valence-electron chi connectivity index (χ2n) is 4.95. The molecule has 0 spiro atoms. The molecule has 0 fully saturated rings. The summed E-state index contributed by atoms with van der Waals surface area (Å²) >= 11 is 0. The molecule has 0 bridgehead atoms. The van der Waals surface area contributed by atoms with E-state index >= 15 is 0 Å². The molecule has 0 aliphatic heterocycles. The number of nitrogens with zero attached hydrogens (tertiary/aromatic N) is 2. The zero-order chi connectivity index (χ0) is 15.0. The number of hydrogen-bond acceptors (Lipinski definition) is 3. The van der Waals surface area contributed by atoms with Gasteiger partial charge in [0, 0.05) is 12.6 Å². The van der Waals surface area contributed by atoms with E-state index < -0.39 is 0 Å². The molecule has 0 saturated carbocycles. The molecule has 1 amide bonds. The van der Waals surface area contributed by atoms with E-state index in [2.05, 4.69) is 10.4 Å². The minimum Gasteiger partial charge on any atom is -0.394 e. The minimum atomic E-state index is -0.193. The molecule has 1 aromatic heterocycles. The maximum atomic E-state index is 12.5. The summed E-state index contributed by atoms with van der Waals surface area (Å²) in [6.07, 6.45) is 0. The lowest BCUT2D eigenvalue weighted by Crippen LogP contribution is -2.16. The molecule has 3 rings (SSSR count). The molecule has 0 aliphatic carbocycles. The summed E-state index contributed by atoms with van der Waals surface area (Å²) < 4.78 is 1.58. The summed E-state index contributed by atoms with van der Waals surface area (Å²) in [4.78, 5) is 12.5. The summed E-state index contributed by atoms with van der Waals surface area (Å²) in [5.74, 6) is 0.326. The summed E-state index contributed by atoms with van der Waals surface area (Å²) in [6, 6.07) is 13.4. The fourth-order valence-electron chi connectivity index (χ4n) is 2.42. The van der Waals surface area contributed by atoms with Gasteiger partial charge in [0.25, 0.3) is 5.91 Å². The Morgan fingerprint density at radius 3 is 2.62 bits per heavy atom. The van der Waals surface area contributed by atoms with E-state index in [4.69, 9.17) is 5.73 Å². The number of aryl methyl sites for hydroxylation is 2. The molecular formula is C16H16N4O. The molecule has 0 unspecified atom stereocenters. The smallest absolute Gasteiger partial charge is 0.257 e. The van der Waals surface area contributed by atoms with Gasteiger partial charge in [-0.1, -0.05) is 36.4 Å². The fraction of sp³-hybridized carbons (Fsp3) is 0.125. The molecule has 3 aromatic rings. The Morgan fingerprint density at radius 1 is 1.19 bits per heavy atom. The van der Waals surface area contributed by atoms with E-state index in [-0.39, 0.29) is 5.91 Å². The van der Waals surface area contributed by atoms with Crippen molar-refractivity contribution < 1.29 is 4.79 Å². The molecule has 5 heteroatoms. The Morgan fingerprint density at radius 2 is 1.90 bits per heavy atom. The number of carbonyl (C=O) groups excluding carboxylic acids is 1. The monoisotopic (exact) mass is 280 g/mol. The van der Waals surface area contributed by atoms with E-state index in [1.807, 2.05) is 43.3 Å². The predicted molar refractivity (Wildman–Crippen MR) is 84.3 cm³/mol. The molecule has 0 radical (unpaired) electrons. The Hall–Kier alpha value is -2.82. The number of amides is 1. The number of rotatable bonds is 2. The molecule has 0 saturated heterocycles. The van der Waals surface area contributed by atoms with Gasteiger partial charge in [-0.2, -0.15) is 5.10 Å². The van der Waals surface area contributed by atoms with Gasteiger partial charge in [-0.3, -0.25) is 9.48 Å². The largest absolute Gasteiger partial charge is 0.394 e. The third-order valence-electron chi connectivity index (χ3n) is 3.53. The average molecular weight is 280 g/mol. The summed E-state index contributed by atoms with van der Waals surface area (Å²) in [5.41, 5.74) is 7.75. The van der Waals surface area contributed by atoms with Crippen molar-refractivity contribution in [1.29, 1.82) is 0 Å². The summed E-state index contributed by atoms with van der Waals surface area (Å²) in [7, 11) is 1.75. The molecule has 2 aromatic carbocycles. The lowest BCUT2D eigenvalue weighted by Gasteiger charge is -2.09. The predicted octanol–water partition coefficient (Wildman–Crippen LogP) is 2.72. The van der Waals surface area contributed by atoms with Crippen molar-refractivity contribution in [2.24, 2.45) is 7.05 Å². The normalized spacial score (nSPS) is 10.8. The molecule has 1 heterocycles. The molecule has 0 aliphatic rings. The van der Waals surface area contributed by atoms with Crippen LogP contribution in [-0.4, -0.2) is 15.7 Å². The average Bonchev–Trinajstić information content (AvgIpc) is 2.73. The van der Waals surface area contributed by atoms with Crippen molar-refractivity contribution in [3.05, 3.63) is 53.7 Å². The maximum Gasteiger partial charge on any atom is 0.257 e. The van der Waals surface area contributed by atoms with Crippen LogP contribution in [0.1, 0.15) is 16.1 Å². The lowest BCUT2D eigenvalue weighted by molar-refractivity contribution is 0.102. The standard InChI is InChI=1S/C16H16N4O/c1-10-14(17)15(20(2)19-10)18-16(21)13-9-5-7-11-6-3-4-8-12(11)13/h3-9H,17H2,1-2H3,(H,18,21). The van der Waals surface area contributed by atoms with E-state index in [9.17, 15) is 4.79 Å². The lowest BCUT2D eigenvalue weighted by atomic mass is 10.0. The van der Waals surface area contributed by atoms with E-state index in [1.165, 1.54) is 0 Å². The molecule has 5 nitrogen and oxygen atoms in total. The number of carbonyl (C=O) groups is 1. The zero-order valence-corrected chi connectivity index (χ0v) is 11.9. The van der Waals surface area contributed by atoms with Crippen LogP contribution in [0.5, 0.6) is 0 Å². The molecule has 21 heavy (non-hydrogen) atoms. The SMILES string of the molecule is Cc1nn(C)c(NC(=O)c2cccc3ccccc23)c1N. The van der Waals surface area contributed by atoms with Crippen LogP contribution in [0.3, 0.4) is 0 Å². The summed E-state index contributed by atoms with van der Waals surface area (Å²) in [5, 5.41) is 8.98. The first kappa shape index (κ1) is 13.2. The number of fused-ring (bicyclic) bond motifs is 1. The fourth-order valence-corrected chi connectivity index (χ4v) is 2.42. The van der Waals surface area contributed by atoms with Gasteiger partial charge >= 0.3 is 0 Å². The van der Waals surface area contributed by atoms with Gasteiger partial charge in [-0.15, -0.1) is 0 Å². The van der Waals surface area contributed by atoms with Crippen LogP contribution in [0.15, 0.2) is 42.5 Å². The Balaban J connectivity index is 2.02. The maximum absolute atomic E-state index is 12.5. The highest BCUT2D eigenvalue weighted by Crippen LogP contribution is 2.24. The highest BCUT2D eigenvalue weighted by molar-refractivity contribution is 6.13. The number of nitrogen functional groups attached to an aromatic ring is 1. The van der Waals surface area contributed by atoms with Crippen molar-refractivity contribution in [3.63, 3.8) is 0 Å². The van der Waals surface area contributed by atoms with Crippen molar-refractivity contribution in [2.45, 2.75) is 6.92 Å². The third kappa shape index (κ3) is 2.23. The van der Waals surface area contributed by atoms with Crippen molar-refractivity contribution in [2.75, 3.05) is 11.1 Å². The quantitative estimate of drug-likeness (QED) is 0.758. The van der Waals surface area contributed by atoms with Crippen LogP contribution in [-0.2, 0) is 7.05 Å². The van der Waals surface area contributed by atoms with E-state index in [1.54, 1.807) is 17.8 Å². The number of nitrogens with two attached hydrogens (primary N) is 1. The Labute approximate surface area is 122 Å². The van der Waals surface area contributed by atoms with Gasteiger partial charge < -0.3 is 11.1 Å². The van der Waals surface area contributed by atoms with Gasteiger partial charge in [0.05, 0.1) is 11.4 Å². The zero-order valence-electron chi connectivity index (χ0n) is 11.9. The van der Waals surface area contributed by atoms with Crippen molar-refractivity contribution in [3.8, 4) is 0 Å². The Kier molecular flexibility index (Phi) is 3.10. The number of aromatic nitrogens is 2. The van der Waals surface area contributed by atoms with Gasteiger partial charge in [0.15, 0.2) is 5.82 Å². The minimum absolute atomic E-state index is 0.193. The molecular weight excluding hydrogens is 264 g/mol. The number of nitrogens with one attached hydrogen (secondary N) is 1. The van der Waals surface area contributed by atoms with Crippen molar-refractivity contribution >= 4 is 28.2 Å².